The van der Waals surface area contributed by atoms with Crippen LogP contribution in [0.1, 0.15) is 12.8 Å². The summed E-state index contributed by atoms with van der Waals surface area (Å²) < 4.78 is 5.19. The van der Waals surface area contributed by atoms with Crippen molar-refractivity contribution in [1.29, 1.82) is 0 Å². The molecule has 132 valence electrons. The number of piperazine rings is 1. The molecule has 1 aromatic rings. The summed E-state index contributed by atoms with van der Waals surface area (Å²) in [5, 5.41) is 2.96. The van der Waals surface area contributed by atoms with Crippen molar-refractivity contribution in [1.82, 2.24) is 14.7 Å². The van der Waals surface area contributed by atoms with Gasteiger partial charge in [0.1, 0.15) is 5.75 Å². The topological polar surface area (TPSA) is 48.1 Å². The molecular weight excluding hydrogens is 304 g/mol. The lowest BCUT2D eigenvalue weighted by molar-refractivity contribution is 0.137. The summed E-state index contributed by atoms with van der Waals surface area (Å²) in [5.41, 5.74) is 0.774. The number of hydrogen-bond donors (Lipinski definition) is 1. The van der Waals surface area contributed by atoms with Crippen LogP contribution in [-0.4, -0.2) is 80.2 Å². The summed E-state index contributed by atoms with van der Waals surface area (Å²) in [4.78, 5) is 19.3. The van der Waals surface area contributed by atoms with Gasteiger partial charge >= 0.3 is 6.03 Å². The van der Waals surface area contributed by atoms with Crippen LogP contribution >= 0.6 is 0 Å². The Hall–Kier alpha value is -1.79. The third kappa shape index (κ3) is 4.61. The van der Waals surface area contributed by atoms with E-state index in [9.17, 15) is 4.79 Å². The standard InChI is InChI=1S/C18H28N4O2/c1-24-17-6-4-5-16(15-17)19-18(23)22-13-11-21(12-14-22)10-9-20-7-2-3-8-20/h4-6,15H,2-3,7-14H2,1H3,(H,19,23). The smallest absolute Gasteiger partial charge is 0.321 e. The van der Waals surface area contributed by atoms with Gasteiger partial charge in [0.15, 0.2) is 0 Å². The van der Waals surface area contributed by atoms with Crippen molar-refractivity contribution in [3.8, 4) is 5.75 Å². The van der Waals surface area contributed by atoms with E-state index < -0.39 is 0 Å². The molecular formula is C18H28N4O2. The molecule has 0 saturated carbocycles. The molecule has 3 rings (SSSR count). The summed E-state index contributed by atoms with van der Waals surface area (Å²) in [7, 11) is 1.63. The number of benzene rings is 1. The first-order chi connectivity index (χ1) is 11.7. The molecule has 2 amide bonds. The zero-order valence-electron chi connectivity index (χ0n) is 14.5. The SMILES string of the molecule is COc1cccc(NC(=O)N2CCN(CCN3CCCC3)CC2)c1. The van der Waals surface area contributed by atoms with Crippen LogP contribution in [0.4, 0.5) is 10.5 Å². The number of likely N-dealkylation sites (tertiary alicyclic amines) is 1. The van der Waals surface area contributed by atoms with Crippen molar-refractivity contribution >= 4 is 11.7 Å². The Labute approximate surface area is 144 Å². The minimum atomic E-state index is -0.0255. The minimum Gasteiger partial charge on any atom is -0.497 e. The number of rotatable bonds is 5. The first-order valence-electron chi connectivity index (χ1n) is 8.89. The molecule has 0 aromatic heterocycles. The molecule has 0 bridgehead atoms. The number of urea groups is 1. The van der Waals surface area contributed by atoms with Gasteiger partial charge < -0.3 is 19.9 Å². The zero-order chi connectivity index (χ0) is 16.8. The summed E-state index contributed by atoms with van der Waals surface area (Å²) in [6.45, 7) is 8.28. The van der Waals surface area contributed by atoms with Crippen molar-refractivity contribution in [3.63, 3.8) is 0 Å². The quantitative estimate of drug-likeness (QED) is 0.895. The Balaban J connectivity index is 1.41. The van der Waals surface area contributed by atoms with Gasteiger partial charge in [0.25, 0.3) is 0 Å². The number of nitrogens with zero attached hydrogens (tertiary/aromatic N) is 3. The van der Waals surface area contributed by atoms with E-state index in [2.05, 4.69) is 15.1 Å². The number of carbonyl (C=O) groups is 1. The van der Waals surface area contributed by atoms with Gasteiger partial charge in [0.2, 0.25) is 0 Å². The molecule has 1 aromatic carbocycles. The van der Waals surface area contributed by atoms with E-state index in [1.807, 2.05) is 29.2 Å². The molecule has 2 heterocycles. The molecule has 6 nitrogen and oxygen atoms in total. The minimum absolute atomic E-state index is 0.0255. The van der Waals surface area contributed by atoms with Gasteiger partial charge in [-0.15, -0.1) is 0 Å². The van der Waals surface area contributed by atoms with Crippen molar-refractivity contribution in [2.45, 2.75) is 12.8 Å². The first-order valence-corrected chi connectivity index (χ1v) is 8.89. The Morgan fingerprint density at radius 3 is 2.38 bits per heavy atom. The van der Waals surface area contributed by atoms with Crippen LogP contribution in [0.2, 0.25) is 0 Å². The van der Waals surface area contributed by atoms with Crippen molar-refractivity contribution < 1.29 is 9.53 Å². The van der Waals surface area contributed by atoms with Crippen molar-refractivity contribution in [3.05, 3.63) is 24.3 Å². The fourth-order valence-corrected chi connectivity index (χ4v) is 3.37. The van der Waals surface area contributed by atoms with E-state index in [1.165, 1.54) is 25.9 Å². The van der Waals surface area contributed by atoms with E-state index >= 15 is 0 Å². The fraction of sp³-hybridized carbons (Fsp3) is 0.611. The van der Waals surface area contributed by atoms with Crippen LogP contribution in [0.3, 0.4) is 0 Å². The van der Waals surface area contributed by atoms with Crippen LogP contribution in [0.25, 0.3) is 0 Å². The van der Waals surface area contributed by atoms with Crippen LogP contribution < -0.4 is 10.1 Å². The number of carbonyl (C=O) groups excluding carboxylic acids is 1. The summed E-state index contributed by atoms with van der Waals surface area (Å²) in [5.74, 6) is 0.750. The highest BCUT2D eigenvalue weighted by Gasteiger charge is 2.22. The predicted molar refractivity (Wildman–Crippen MR) is 95.7 cm³/mol. The summed E-state index contributed by atoms with van der Waals surface area (Å²) in [6, 6.07) is 7.44. The molecule has 2 aliphatic heterocycles. The second-order valence-corrected chi connectivity index (χ2v) is 6.54. The van der Waals surface area contributed by atoms with Gasteiger partial charge in [-0.3, -0.25) is 4.90 Å². The predicted octanol–water partition coefficient (Wildman–Crippen LogP) is 1.94. The molecule has 0 spiro atoms. The second kappa shape index (κ2) is 8.35. The van der Waals surface area contributed by atoms with Crippen LogP contribution in [-0.2, 0) is 0 Å². The molecule has 2 fully saturated rings. The van der Waals surface area contributed by atoms with Crippen molar-refractivity contribution in [2.24, 2.45) is 0 Å². The second-order valence-electron chi connectivity index (χ2n) is 6.54. The molecule has 6 heteroatoms. The van der Waals surface area contributed by atoms with E-state index in [0.29, 0.717) is 0 Å². The Kier molecular flexibility index (Phi) is 5.93. The number of anilines is 1. The van der Waals surface area contributed by atoms with Crippen LogP contribution in [0, 0.1) is 0 Å². The molecule has 24 heavy (non-hydrogen) atoms. The maximum atomic E-state index is 12.4. The van der Waals surface area contributed by atoms with Crippen LogP contribution in [0.15, 0.2) is 24.3 Å². The highest BCUT2D eigenvalue weighted by atomic mass is 16.5. The monoisotopic (exact) mass is 332 g/mol. The number of amides is 2. The molecule has 0 atom stereocenters. The maximum Gasteiger partial charge on any atom is 0.321 e. The molecule has 2 aliphatic rings. The van der Waals surface area contributed by atoms with Crippen LogP contribution in [0.5, 0.6) is 5.75 Å². The normalized spacial score (nSPS) is 19.5. The van der Waals surface area contributed by atoms with E-state index in [-0.39, 0.29) is 6.03 Å². The third-order valence-corrected chi connectivity index (χ3v) is 4.91. The average Bonchev–Trinajstić information content (AvgIpc) is 3.14. The maximum absolute atomic E-state index is 12.4. The largest absolute Gasteiger partial charge is 0.497 e. The number of hydrogen-bond acceptors (Lipinski definition) is 4. The van der Waals surface area contributed by atoms with Gasteiger partial charge in [-0.05, 0) is 38.1 Å². The number of nitrogens with one attached hydrogen (secondary N) is 1. The average molecular weight is 332 g/mol. The molecule has 0 radical (unpaired) electrons. The van der Waals surface area contributed by atoms with E-state index in [0.717, 1.165) is 50.7 Å². The van der Waals surface area contributed by atoms with Crippen molar-refractivity contribution in [2.75, 3.05) is 64.8 Å². The Morgan fingerprint density at radius 2 is 1.71 bits per heavy atom. The van der Waals surface area contributed by atoms with Gasteiger partial charge in [-0.25, -0.2) is 4.79 Å². The summed E-state index contributed by atoms with van der Waals surface area (Å²) >= 11 is 0. The molecule has 1 N–H and O–H groups in total. The fourth-order valence-electron chi connectivity index (χ4n) is 3.37. The lowest BCUT2D eigenvalue weighted by atomic mass is 10.3. The van der Waals surface area contributed by atoms with Gasteiger partial charge in [0, 0.05) is 51.0 Å². The third-order valence-electron chi connectivity index (χ3n) is 4.91. The Bertz CT molecular complexity index is 538. The first kappa shape index (κ1) is 17.0. The zero-order valence-corrected chi connectivity index (χ0v) is 14.5. The van der Waals surface area contributed by atoms with Gasteiger partial charge in [-0.2, -0.15) is 0 Å². The highest BCUT2D eigenvalue weighted by Crippen LogP contribution is 2.17. The number of ether oxygens (including phenoxy) is 1. The summed E-state index contributed by atoms with van der Waals surface area (Å²) in [6.07, 6.45) is 2.69. The van der Waals surface area contributed by atoms with Gasteiger partial charge in [0.05, 0.1) is 7.11 Å². The molecule has 2 saturated heterocycles. The van der Waals surface area contributed by atoms with Gasteiger partial charge in [-0.1, -0.05) is 6.07 Å². The molecule has 0 unspecified atom stereocenters. The van der Waals surface area contributed by atoms with E-state index in [4.69, 9.17) is 4.74 Å². The lowest BCUT2D eigenvalue weighted by Gasteiger charge is -2.35. The molecule has 0 aliphatic carbocycles. The number of methoxy groups -OCH3 is 1. The Morgan fingerprint density at radius 1 is 1.04 bits per heavy atom. The lowest BCUT2D eigenvalue weighted by Crippen LogP contribution is -2.51. The van der Waals surface area contributed by atoms with E-state index in [1.54, 1.807) is 7.11 Å². The highest BCUT2D eigenvalue weighted by molar-refractivity contribution is 5.89.